The molecule has 0 aliphatic rings. The Morgan fingerprint density at radius 1 is 1.47 bits per heavy atom. The topological polar surface area (TPSA) is 50.2 Å². The lowest BCUT2D eigenvalue weighted by Gasteiger charge is -2.09. The van der Waals surface area contributed by atoms with E-state index >= 15 is 0 Å². The normalized spacial score (nSPS) is 11.1. The molecule has 0 bridgehead atoms. The predicted octanol–water partition coefficient (Wildman–Crippen LogP) is 2.44. The van der Waals surface area contributed by atoms with Crippen molar-refractivity contribution in [1.29, 1.82) is 0 Å². The zero-order chi connectivity index (χ0) is 11.6. The molecule has 0 unspecified atom stereocenters. The summed E-state index contributed by atoms with van der Waals surface area (Å²) in [7, 11) is 0. The van der Waals surface area contributed by atoms with Crippen molar-refractivity contribution in [3.8, 4) is 0 Å². The van der Waals surface area contributed by atoms with Crippen LogP contribution in [-0.4, -0.2) is 16.1 Å². The van der Waals surface area contributed by atoms with Gasteiger partial charge in [-0.05, 0) is 18.2 Å². The van der Waals surface area contributed by atoms with Crippen molar-refractivity contribution < 1.29 is 23.1 Å². The molecule has 15 heavy (non-hydrogen) atoms. The molecule has 80 valence electrons. The summed E-state index contributed by atoms with van der Waals surface area (Å²) in [5.74, 6) is -1.38. The van der Waals surface area contributed by atoms with E-state index in [0.29, 0.717) is 6.07 Å². The number of aromatic nitrogens is 1. The van der Waals surface area contributed by atoms with Crippen LogP contribution < -0.4 is 0 Å². The third-order valence-corrected chi connectivity index (χ3v) is 1.64. The zero-order valence-electron chi connectivity index (χ0n) is 7.38. The van der Waals surface area contributed by atoms with Crippen LogP contribution in [0, 0.1) is 0 Å². The van der Waals surface area contributed by atoms with Gasteiger partial charge < -0.3 is 5.11 Å². The first-order valence-electron chi connectivity index (χ1n) is 3.80. The molecular weight excluding hydrogens is 211 g/mol. The first-order chi connectivity index (χ1) is 6.86. The van der Waals surface area contributed by atoms with Gasteiger partial charge >= 0.3 is 12.1 Å². The Hall–Kier alpha value is -1.85. The van der Waals surface area contributed by atoms with Crippen molar-refractivity contribution >= 4 is 12.0 Å². The molecule has 3 nitrogen and oxygen atoms in total. The predicted molar refractivity (Wildman–Crippen MR) is 46.3 cm³/mol. The van der Waals surface area contributed by atoms with E-state index in [1.807, 2.05) is 0 Å². The second kappa shape index (κ2) is 3.72. The molecule has 0 spiro atoms. The SMILES string of the molecule is C=Cc1nc(C(=O)O)ccc1C(F)(F)F. The molecule has 0 aliphatic heterocycles. The molecule has 0 atom stereocenters. The number of aromatic carboxylic acids is 1. The highest BCUT2D eigenvalue weighted by Gasteiger charge is 2.33. The number of nitrogens with zero attached hydrogens (tertiary/aromatic N) is 1. The van der Waals surface area contributed by atoms with E-state index in [2.05, 4.69) is 11.6 Å². The van der Waals surface area contributed by atoms with Gasteiger partial charge in [-0.15, -0.1) is 0 Å². The first kappa shape index (κ1) is 11.2. The van der Waals surface area contributed by atoms with Crippen molar-refractivity contribution in [2.45, 2.75) is 6.18 Å². The van der Waals surface area contributed by atoms with Gasteiger partial charge in [-0.2, -0.15) is 13.2 Å². The van der Waals surface area contributed by atoms with Crippen LogP contribution in [0.3, 0.4) is 0 Å². The third kappa shape index (κ3) is 2.34. The fraction of sp³-hybridized carbons (Fsp3) is 0.111. The summed E-state index contributed by atoms with van der Waals surface area (Å²) >= 11 is 0. The van der Waals surface area contributed by atoms with E-state index < -0.39 is 29.1 Å². The number of carboxylic acids is 1. The number of pyridine rings is 1. The quantitative estimate of drug-likeness (QED) is 0.827. The molecule has 0 saturated heterocycles. The molecule has 0 aliphatic carbocycles. The van der Waals surface area contributed by atoms with Gasteiger partial charge in [0.05, 0.1) is 11.3 Å². The molecule has 1 aromatic heterocycles. The van der Waals surface area contributed by atoms with Gasteiger partial charge in [0.15, 0.2) is 0 Å². The molecular formula is C9H6F3NO2. The summed E-state index contributed by atoms with van der Waals surface area (Å²) in [5.41, 5.74) is -1.93. The minimum Gasteiger partial charge on any atom is -0.477 e. The molecule has 1 rings (SSSR count). The van der Waals surface area contributed by atoms with Crippen LogP contribution in [0.2, 0.25) is 0 Å². The van der Waals surface area contributed by atoms with Crippen LogP contribution in [0.5, 0.6) is 0 Å². The van der Waals surface area contributed by atoms with Crippen molar-refractivity contribution in [3.63, 3.8) is 0 Å². The summed E-state index contributed by atoms with van der Waals surface area (Å²) in [6.45, 7) is 3.15. The van der Waals surface area contributed by atoms with Crippen LogP contribution in [0.15, 0.2) is 18.7 Å². The maximum atomic E-state index is 12.3. The number of rotatable bonds is 2. The zero-order valence-corrected chi connectivity index (χ0v) is 7.38. The van der Waals surface area contributed by atoms with Gasteiger partial charge in [0.1, 0.15) is 5.69 Å². The van der Waals surface area contributed by atoms with E-state index in [0.717, 1.165) is 12.1 Å². The second-order valence-corrected chi connectivity index (χ2v) is 2.64. The Morgan fingerprint density at radius 2 is 2.07 bits per heavy atom. The number of alkyl halides is 3. The highest BCUT2D eigenvalue weighted by molar-refractivity contribution is 5.85. The molecule has 0 aromatic carbocycles. The Morgan fingerprint density at radius 3 is 2.47 bits per heavy atom. The fourth-order valence-electron chi connectivity index (χ4n) is 0.989. The number of halogens is 3. The largest absolute Gasteiger partial charge is 0.477 e. The van der Waals surface area contributed by atoms with Gasteiger partial charge in [-0.3, -0.25) is 0 Å². The van der Waals surface area contributed by atoms with Crippen LogP contribution in [0.4, 0.5) is 13.2 Å². The van der Waals surface area contributed by atoms with Crippen LogP contribution in [0.1, 0.15) is 21.7 Å². The minimum atomic E-state index is -4.56. The highest BCUT2D eigenvalue weighted by Crippen LogP contribution is 2.31. The van der Waals surface area contributed by atoms with E-state index in [4.69, 9.17) is 5.11 Å². The van der Waals surface area contributed by atoms with Gasteiger partial charge in [-0.1, -0.05) is 6.58 Å². The highest BCUT2D eigenvalue weighted by atomic mass is 19.4. The van der Waals surface area contributed by atoms with Crippen LogP contribution in [-0.2, 0) is 6.18 Å². The van der Waals surface area contributed by atoms with Gasteiger partial charge in [0, 0.05) is 0 Å². The number of hydrogen-bond donors (Lipinski definition) is 1. The standard InChI is InChI=1S/C9H6F3NO2/c1-2-6-5(9(10,11)12)3-4-7(13-6)8(14)15/h2-4H,1H2,(H,14,15). The van der Waals surface area contributed by atoms with E-state index in [1.165, 1.54) is 0 Å². The molecule has 1 N–H and O–H groups in total. The van der Waals surface area contributed by atoms with Gasteiger partial charge in [0.25, 0.3) is 0 Å². The van der Waals surface area contributed by atoms with Crippen LogP contribution >= 0.6 is 0 Å². The Bertz CT molecular complexity index is 412. The lowest BCUT2D eigenvalue weighted by atomic mass is 10.1. The molecule has 1 heterocycles. The lowest BCUT2D eigenvalue weighted by Crippen LogP contribution is -2.11. The van der Waals surface area contributed by atoms with E-state index in [-0.39, 0.29) is 0 Å². The van der Waals surface area contributed by atoms with E-state index in [9.17, 15) is 18.0 Å². The van der Waals surface area contributed by atoms with Crippen molar-refractivity contribution in [3.05, 3.63) is 35.7 Å². The summed E-state index contributed by atoms with van der Waals surface area (Å²) < 4.78 is 37.0. The Labute approximate surface area is 82.9 Å². The monoisotopic (exact) mass is 217 g/mol. The van der Waals surface area contributed by atoms with Crippen molar-refractivity contribution in [1.82, 2.24) is 4.98 Å². The minimum absolute atomic E-state index is 0.446. The first-order valence-corrected chi connectivity index (χ1v) is 3.80. The second-order valence-electron chi connectivity index (χ2n) is 2.64. The molecule has 0 saturated carbocycles. The summed E-state index contributed by atoms with van der Waals surface area (Å²) in [6, 6.07) is 1.48. The van der Waals surface area contributed by atoms with Gasteiger partial charge in [0.2, 0.25) is 0 Å². The fourth-order valence-corrected chi connectivity index (χ4v) is 0.989. The molecule has 0 radical (unpaired) electrons. The number of hydrogen-bond acceptors (Lipinski definition) is 2. The molecule has 0 amide bonds. The Balaban J connectivity index is 3.33. The molecule has 1 aromatic rings. The summed E-state index contributed by atoms with van der Waals surface area (Å²) in [4.78, 5) is 13.8. The summed E-state index contributed by atoms with van der Waals surface area (Å²) in [5, 5.41) is 8.52. The maximum Gasteiger partial charge on any atom is 0.418 e. The van der Waals surface area contributed by atoms with E-state index in [1.54, 1.807) is 0 Å². The van der Waals surface area contributed by atoms with Crippen LogP contribution in [0.25, 0.3) is 6.08 Å². The maximum absolute atomic E-state index is 12.3. The number of carboxylic acid groups (broad SMARTS) is 1. The average Bonchev–Trinajstić information content (AvgIpc) is 2.15. The molecule has 6 heteroatoms. The summed E-state index contributed by atoms with van der Waals surface area (Å²) in [6.07, 6.45) is -3.69. The van der Waals surface area contributed by atoms with Gasteiger partial charge in [-0.25, -0.2) is 9.78 Å². The average molecular weight is 217 g/mol. The molecule has 0 fully saturated rings. The smallest absolute Gasteiger partial charge is 0.418 e. The Kier molecular flexibility index (Phi) is 2.78. The third-order valence-electron chi connectivity index (χ3n) is 1.64. The van der Waals surface area contributed by atoms with Crippen molar-refractivity contribution in [2.75, 3.05) is 0 Å². The number of carbonyl (C=O) groups is 1. The van der Waals surface area contributed by atoms with Crippen molar-refractivity contribution in [2.24, 2.45) is 0 Å². The lowest BCUT2D eigenvalue weighted by molar-refractivity contribution is -0.138.